The lowest BCUT2D eigenvalue weighted by Crippen LogP contribution is -2.10. The summed E-state index contributed by atoms with van der Waals surface area (Å²) in [4.78, 5) is 0. The highest BCUT2D eigenvalue weighted by atomic mass is 16.5. The van der Waals surface area contributed by atoms with E-state index in [9.17, 15) is 0 Å². The predicted octanol–water partition coefficient (Wildman–Crippen LogP) is 5.23. The fourth-order valence-electron chi connectivity index (χ4n) is 2.29. The van der Waals surface area contributed by atoms with E-state index < -0.39 is 0 Å². The van der Waals surface area contributed by atoms with Gasteiger partial charge in [-0.2, -0.15) is 0 Å². The zero-order valence-corrected chi connectivity index (χ0v) is 12.1. The standard InChI is InChI=1S/C16H29NO/c1-3-4-5-6-7-8-9-10-11-12-16-15(2)17-13-14-18-16/h13-14,17H,3-12H2,1-2H3. The second-order valence-corrected chi connectivity index (χ2v) is 5.19. The van der Waals surface area contributed by atoms with Crippen LogP contribution in [-0.2, 0) is 4.74 Å². The third kappa shape index (κ3) is 6.73. The normalized spacial score (nSPS) is 14.6. The number of ether oxygens (including phenoxy) is 1. The molecule has 18 heavy (non-hydrogen) atoms. The molecule has 1 aliphatic heterocycles. The zero-order valence-electron chi connectivity index (χ0n) is 12.1. The minimum atomic E-state index is 1.07. The molecule has 0 unspecified atom stereocenters. The van der Waals surface area contributed by atoms with Crippen molar-refractivity contribution in [3.8, 4) is 0 Å². The Hall–Kier alpha value is -0.920. The molecule has 0 saturated carbocycles. The number of hydrogen-bond donors (Lipinski definition) is 1. The monoisotopic (exact) mass is 251 g/mol. The third-order valence-corrected chi connectivity index (χ3v) is 3.50. The van der Waals surface area contributed by atoms with Gasteiger partial charge >= 0.3 is 0 Å². The lowest BCUT2D eigenvalue weighted by Gasteiger charge is -2.15. The number of allylic oxidation sites excluding steroid dienone is 2. The van der Waals surface area contributed by atoms with Gasteiger partial charge in [0.1, 0.15) is 12.0 Å². The molecule has 1 N–H and O–H groups in total. The molecule has 2 heteroatoms. The first-order chi connectivity index (χ1) is 8.84. The van der Waals surface area contributed by atoms with Crippen molar-refractivity contribution in [1.82, 2.24) is 5.32 Å². The number of hydrogen-bond acceptors (Lipinski definition) is 2. The van der Waals surface area contributed by atoms with E-state index in [0.29, 0.717) is 0 Å². The van der Waals surface area contributed by atoms with E-state index in [2.05, 4.69) is 19.2 Å². The van der Waals surface area contributed by atoms with Gasteiger partial charge in [0.2, 0.25) is 0 Å². The summed E-state index contributed by atoms with van der Waals surface area (Å²) in [6.45, 7) is 4.35. The van der Waals surface area contributed by atoms with E-state index >= 15 is 0 Å². The molecule has 104 valence electrons. The smallest absolute Gasteiger partial charge is 0.122 e. The molecule has 0 saturated heterocycles. The molecule has 0 aliphatic carbocycles. The van der Waals surface area contributed by atoms with Gasteiger partial charge in [-0.1, -0.05) is 58.3 Å². The van der Waals surface area contributed by atoms with Crippen molar-refractivity contribution in [2.75, 3.05) is 0 Å². The Bertz CT molecular complexity index is 268. The Morgan fingerprint density at radius 3 is 2.17 bits per heavy atom. The minimum Gasteiger partial charge on any atom is -0.466 e. The quantitative estimate of drug-likeness (QED) is 0.537. The molecular formula is C16H29NO. The average Bonchev–Trinajstić information content (AvgIpc) is 2.39. The van der Waals surface area contributed by atoms with Gasteiger partial charge in [-0.25, -0.2) is 0 Å². The van der Waals surface area contributed by atoms with Gasteiger partial charge in [0.25, 0.3) is 0 Å². The first-order valence-corrected chi connectivity index (χ1v) is 7.62. The van der Waals surface area contributed by atoms with Crippen molar-refractivity contribution >= 4 is 0 Å². The summed E-state index contributed by atoms with van der Waals surface area (Å²) in [5.74, 6) is 1.11. The van der Waals surface area contributed by atoms with Crippen LogP contribution in [0.25, 0.3) is 0 Å². The van der Waals surface area contributed by atoms with E-state index in [1.807, 2.05) is 6.20 Å². The molecular weight excluding hydrogens is 222 g/mol. The van der Waals surface area contributed by atoms with Crippen LogP contribution >= 0.6 is 0 Å². The van der Waals surface area contributed by atoms with E-state index in [0.717, 1.165) is 17.9 Å². The molecule has 0 spiro atoms. The van der Waals surface area contributed by atoms with Crippen molar-refractivity contribution in [1.29, 1.82) is 0 Å². The lowest BCUT2D eigenvalue weighted by atomic mass is 10.1. The van der Waals surface area contributed by atoms with E-state index in [1.54, 1.807) is 6.26 Å². The van der Waals surface area contributed by atoms with Gasteiger partial charge in [0, 0.05) is 12.6 Å². The van der Waals surface area contributed by atoms with Crippen molar-refractivity contribution in [2.24, 2.45) is 0 Å². The highest BCUT2D eigenvalue weighted by Gasteiger charge is 2.05. The van der Waals surface area contributed by atoms with Gasteiger partial charge in [-0.15, -0.1) is 0 Å². The van der Waals surface area contributed by atoms with Crippen molar-refractivity contribution in [3.63, 3.8) is 0 Å². The molecule has 0 aromatic heterocycles. The molecule has 1 heterocycles. The molecule has 0 aromatic carbocycles. The second kappa shape index (κ2) is 10.0. The summed E-state index contributed by atoms with van der Waals surface area (Å²) >= 11 is 0. The minimum absolute atomic E-state index is 1.07. The van der Waals surface area contributed by atoms with Crippen molar-refractivity contribution in [2.45, 2.75) is 78.1 Å². The molecule has 1 aliphatic rings. The van der Waals surface area contributed by atoms with Crippen LogP contribution in [0.15, 0.2) is 23.9 Å². The number of unbranched alkanes of at least 4 members (excludes halogenated alkanes) is 8. The summed E-state index contributed by atoms with van der Waals surface area (Å²) in [7, 11) is 0. The van der Waals surface area contributed by atoms with Gasteiger partial charge in [0.15, 0.2) is 0 Å². The molecule has 0 radical (unpaired) electrons. The van der Waals surface area contributed by atoms with Gasteiger partial charge < -0.3 is 10.1 Å². The molecule has 0 amide bonds. The van der Waals surface area contributed by atoms with E-state index in [-0.39, 0.29) is 0 Å². The second-order valence-electron chi connectivity index (χ2n) is 5.19. The summed E-state index contributed by atoms with van der Waals surface area (Å²) in [5.41, 5.74) is 1.16. The maximum absolute atomic E-state index is 5.50. The van der Waals surface area contributed by atoms with Crippen LogP contribution in [0.3, 0.4) is 0 Å². The summed E-state index contributed by atoms with van der Waals surface area (Å²) in [6, 6.07) is 0. The van der Waals surface area contributed by atoms with Crippen LogP contribution in [-0.4, -0.2) is 0 Å². The van der Waals surface area contributed by atoms with Crippen LogP contribution < -0.4 is 5.32 Å². The Balaban J connectivity index is 1.89. The van der Waals surface area contributed by atoms with E-state index in [4.69, 9.17) is 4.74 Å². The van der Waals surface area contributed by atoms with Crippen LogP contribution in [0.4, 0.5) is 0 Å². The topological polar surface area (TPSA) is 21.3 Å². The largest absolute Gasteiger partial charge is 0.466 e. The number of nitrogens with one attached hydrogen (secondary N) is 1. The maximum Gasteiger partial charge on any atom is 0.122 e. The van der Waals surface area contributed by atoms with E-state index in [1.165, 1.54) is 57.8 Å². The predicted molar refractivity (Wildman–Crippen MR) is 77.9 cm³/mol. The van der Waals surface area contributed by atoms with Crippen LogP contribution in [0.1, 0.15) is 78.1 Å². The SMILES string of the molecule is CCCCCCCCCCCC1=C(C)NC=CO1. The summed E-state index contributed by atoms with van der Waals surface area (Å²) in [5, 5.41) is 3.19. The van der Waals surface area contributed by atoms with Crippen molar-refractivity contribution < 1.29 is 4.74 Å². The Kier molecular flexibility index (Phi) is 8.45. The van der Waals surface area contributed by atoms with Gasteiger partial charge in [-0.3, -0.25) is 0 Å². The first kappa shape index (κ1) is 15.1. The maximum atomic E-state index is 5.50. The van der Waals surface area contributed by atoms with Crippen molar-refractivity contribution in [3.05, 3.63) is 23.9 Å². The first-order valence-electron chi connectivity index (χ1n) is 7.62. The Morgan fingerprint density at radius 1 is 0.944 bits per heavy atom. The molecule has 0 bridgehead atoms. The lowest BCUT2D eigenvalue weighted by molar-refractivity contribution is 0.309. The zero-order chi connectivity index (χ0) is 13.1. The fourth-order valence-corrected chi connectivity index (χ4v) is 2.29. The number of rotatable bonds is 10. The Labute approximate surface area is 112 Å². The molecule has 0 fully saturated rings. The molecule has 1 rings (SSSR count). The van der Waals surface area contributed by atoms with Crippen LogP contribution in [0.2, 0.25) is 0 Å². The van der Waals surface area contributed by atoms with Gasteiger partial charge in [-0.05, 0) is 13.3 Å². The fraction of sp³-hybridized carbons (Fsp3) is 0.750. The third-order valence-electron chi connectivity index (χ3n) is 3.50. The highest BCUT2D eigenvalue weighted by molar-refractivity contribution is 5.10. The van der Waals surface area contributed by atoms with Crippen LogP contribution in [0, 0.1) is 0 Å². The Morgan fingerprint density at radius 2 is 1.56 bits per heavy atom. The summed E-state index contributed by atoms with van der Waals surface area (Å²) < 4.78 is 5.50. The molecule has 2 nitrogen and oxygen atoms in total. The van der Waals surface area contributed by atoms with Crippen LogP contribution in [0.5, 0.6) is 0 Å². The average molecular weight is 251 g/mol. The summed E-state index contributed by atoms with van der Waals surface area (Å²) in [6.07, 6.45) is 17.0. The highest BCUT2D eigenvalue weighted by Crippen LogP contribution is 2.17. The van der Waals surface area contributed by atoms with Gasteiger partial charge in [0.05, 0.1) is 5.70 Å². The molecule has 0 atom stereocenters. The molecule has 0 aromatic rings.